The summed E-state index contributed by atoms with van der Waals surface area (Å²) in [4.78, 5) is 41.0. The molecular weight excluding hydrogens is 540 g/mol. The van der Waals surface area contributed by atoms with Gasteiger partial charge in [0.05, 0.1) is 29.9 Å². The number of allylic oxidation sites excluding steroid dienone is 4. The van der Waals surface area contributed by atoms with Crippen molar-refractivity contribution in [3.8, 4) is 0 Å². The number of aromatic amines is 2. The zero-order valence-corrected chi connectivity index (χ0v) is 25.7. The first kappa shape index (κ1) is 29.8. The highest BCUT2D eigenvalue weighted by Gasteiger charge is 2.23. The van der Waals surface area contributed by atoms with E-state index < -0.39 is 5.97 Å². The van der Waals surface area contributed by atoms with Crippen LogP contribution in [0.1, 0.15) is 91.5 Å². The van der Waals surface area contributed by atoms with E-state index in [4.69, 9.17) is 14.7 Å². The molecule has 3 N–H and O–H groups in total. The third kappa shape index (κ3) is 5.57. The SMILES string of the molecule is C=Cc1c(C)c2cc3nc(cc4nc(cc5[nH]c(cc1[nH]2)c(C)c5CC)C(C)=C4CCC(=O)OC)C(CCC(=O)O)=C3C. The van der Waals surface area contributed by atoms with Crippen molar-refractivity contribution >= 4 is 62.4 Å². The number of fused-ring (bicyclic) bond motifs is 8. The van der Waals surface area contributed by atoms with Gasteiger partial charge in [-0.05, 0) is 110 Å². The molecule has 0 aromatic carbocycles. The number of H-pyrrole nitrogens is 2. The van der Waals surface area contributed by atoms with E-state index in [1.165, 1.54) is 18.2 Å². The lowest BCUT2D eigenvalue weighted by molar-refractivity contribution is -0.140. The highest BCUT2D eigenvalue weighted by atomic mass is 16.5. The molecule has 222 valence electrons. The van der Waals surface area contributed by atoms with Crippen LogP contribution in [0.15, 0.2) is 30.8 Å². The number of ether oxygens (including phenoxy) is 1. The molecule has 0 atom stereocenters. The van der Waals surface area contributed by atoms with E-state index in [9.17, 15) is 14.7 Å². The van der Waals surface area contributed by atoms with Gasteiger partial charge in [0.2, 0.25) is 0 Å². The van der Waals surface area contributed by atoms with Gasteiger partial charge in [-0.25, -0.2) is 9.97 Å². The summed E-state index contributed by atoms with van der Waals surface area (Å²) in [6.07, 6.45) is 3.73. The van der Waals surface area contributed by atoms with Gasteiger partial charge in [0.1, 0.15) is 0 Å². The number of rotatable bonds is 8. The Morgan fingerprint density at radius 2 is 1.37 bits per heavy atom. The zero-order valence-electron chi connectivity index (χ0n) is 25.7. The number of methoxy groups -OCH3 is 1. The van der Waals surface area contributed by atoms with Crippen LogP contribution in [0.3, 0.4) is 0 Å². The Bertz CT molecular complexity index is 1900. The molecular formula is C35H38N4O4. The highest BCUT2D eigenvalue weighted by molar-refractivity contribution is 5.96. The van der Waals surface area contributed by atoms with Gasteiger partial charge >= 0.3 is 11.9 Å². The Morgan fingerprint density at radius 3 is 1.93 bits per heavy atom. The largest absolute Gasteiger partial charge is 0.481 e. The van der Waals surface area contributed by atoms with Crippen molar-refractivity contribution in [1.29, 1.82) is 0 Å². The maximum atomic E-state index is 12.1. The van der Waals surface area contributed by atoms with Crippen LogP contribution in [-0.4, -0.2) is 44.1 Å². The van der Waals surface area contributed by atoms with Crippen LogP contribution in [0, 0.1) is 13.8 Å². The lowest BCUT2D eigenvalue weighted by Gasteiger charge is -2.05. The van der Waals surface area contributed by atoms with E-state index in [2.05, 4.69) is 49.5 Å². The number of carboxylic acid groups (broad SMARTS) is 1. The average Bonchev–Trinajstić information content (AvgIpc) is 3.63. The van der Waals surface area contributed by atoms with Crippen LogP contribution in [0.25, 0.3) is 50.4 Å². The maximum absolute atomic E-state index is 12.1. The minimum absolute atomic E-state index is 0.0101. The number of aliphatic carboxylic acids is 1. The van der Waals surface area contributed by atoms with Crippen molar-refractivity contribution in [2.75, 3.05) is 7.11 Å². The number of aromatic nitrogens is 4. The molecule has 3 aromatic rings. The van der Waals surface area contributed by atoms with Gasteiger partial charge < -0.3 is 19.8 Å². The number of carboxylic acids is 1. The van der Waals surface area contributed by atoms with E-state index in [0.29, 0.717) is 18.5 Å². The van der Waals surface area contributed by atoms with Crippen molar-refractivity contribution in [1.82, 2.24) is 19.9 Å². The van der Waals surface area contributed by atoms with Crippen LogP contribution in [0.4, 0.5) is 0 Å². The number of carbonyl (C=O) groups excluding carboxylic acids is 1. The predicted molar refractivity (Wildman–Crippen MR) is 173 cm³/mol. The molecule has 2 aliphatic rings. The molecule has 5 rings (SSSR count). The minimum atomic E-state index is -0.864. The third-order valence-corrected chi connectivity index (χ3v) is 8.67. The van der Waals surface area contributed by atoms with Crippen molar-refractivity contribution < 1.29 is 19.4 Å². The van der Waals surface area contributed by atoms with E-state index in [1.807, 2.05) is 32.1 Å². The van der Waals surface area contributed by atoms with E-state index in [0.717, 1.165) is 79.0 Å². The summed E-state index contributed by atoms with van der Waals surface area (Å²) in [5.74, 6) is -1.15. The molecule has 0 saturated heterocycles. The molecule has 0 aliphatic carbocycles. The Kier molecular flexibility index (Phi) is 8.22. The van der Waals surface area contributed by atoms with Crippen LogP contribution in [-0.2, 0) is 20.7 Å². The molecule has 8 heteroatoms. The molecule has 0 unspecified atom stereocenters. The summed E-state index contributed by atoms with van der Waals surface area (Å²) in [6, 6.07) is 8.16. The number of hydrogen-bond donors (Lipinski definition) is 3. The molecule has 0 saturated carbocycles. The summed E-state index contributed by atoms with van der Waals surface area (Å²) < 4.78 is 4.93. The number of nitrogens with zero attached hydrogens (tertiary/aromatic N) is 2. The van der Waals surface area contributed by atoms with Crippen molar-refractivity contribution in [3.63, 3.8) is 0 Å². The van der Waals surface area contributed by atoms with Crippen LogP contribution in [0.2, 0.25) is 0 Å². The highest BCUT2D eigenvalue weighted by Crippen LogP contribution is 2.38. The fourth-order valence-corrected chi connectivity index (χ4v) is 6.09. The van der Waals surface area contributed by atoms with E-state index in [-0.39, 0.29) is 18.8 Å². The second-order valence-electron chi connectivity index (χ2n) is 11.1. The first-order valence-corrected chi connectivity index (χ1v) is 14.6. The number of aryl methyl sites for hydroxylation is 3. The average molecular weight is 579 g/mol. The van der Waals surface area contributed by atoms with Gasteiger partial charge in [0.15, 0.2) is 0 Å². The monoisotopic (exact) mass is 578 g/mol. The number of esters is 1. The lowest BCUT2D eigenvalue weighted by atomic mass is 9.98. The van der Waals surface area contributed by atoms with Crippen LogP contribution < -0.4 is 0 Å². The molecule has 3 aromatic heterocycles. The van der Waals surface area contributed by atoms with Crippen molar-refractivity contribution in [3.05, 3.63) is 75.9 Å². The Morgan fingerprint density at radius 1 is 0.814 bits per heavy atom. The molecule has 43 heavy (non-hydrogen) atoms. The summed E-state index contributed by atoms with van der Waals surface area (Å²) in [6.45, 7) is 14.4. The number of hydrogen-bond acceptors (Lipinski definition) is 5. The Balaban J connectivity index is 1.90. The topological polar surface area (TPSA) is 121 Å². The second kappa shape index (κ2) is 11.9. The molecule has 2 aliphatic heterocycles. The lowest BCUT2D eigenvalue weighted by Crippen LogP contribution is -2.00. The van der Waals surface area contributed by atoms with Gasteiger partial charge in [-0.3, -0.25) is 9.59 Å². The molecule has 8 nitrogen and oxygen atoms in total. The quantitative estimate of drug-likeness (QED) is 0.234. The first-order valence-electron chi connectivity index (χ1n) is 14.6. The standard InChI is InChI=1S/C35H38N4O4/c1-8-22-18(3)26-14-27-20(5)24(10-12-34(40)41)32(38-27)17-33-25(11-13-35(42)43-7)21(6)29(39-33)16-31-23(9-2)19(4)28(37-31)15-30(22)36-26/h8,14-17,36-37H,1,9-13H2,2-7H3,(H,40,41). The van der Waals surface area contributed by atoms with Crippen molar-refractivity contribution in [2.24, 2.45) is 0 Å². The second-order valence-corrected chi connectivity index (χ2v) is 11.1. The fraction of sp³-hybridized carbons (Fsp3) is 0.314. The maximum Gasteiger partial charge on any atom is 0.305 e. The zero-order chi connectivity index (χ0) is 31.0. The van der Waals surface area contributed by atoms with E-state index in [1.54, 1.807) is 0 Å². The fourth-order valence-electron chi connectivity index (χ4n) is 6.09. The number of nitrogens with one attached hydrogen (secondary N) is 2. The molecule has 5 heterocycles. The van der Waals surface area contributed by atoms with Gasteiger partial charge in [-0.1, -0.05) is 19.6 Å². The van der Waals surface area contributed by atoms with Gasteiger partial charge in [0.25, 0.3) is 0 Å². The summed E-state index contributed by atoms with van der Waals surface area (Å²) in [5, 5.41) is 9.49. The molecule has 0 fully saturated rings. The third-order valence-electron chi connectivity index (χ3n) is 8.67. The molecule has 0 amide bonds. The normalized spacial score (nSPS) is 13.1. The number of carbonyl (C=O) groups is 2. The summed E-state index contributed by atoms with van der Waals surface area (Å²) in [5.41, 5.74) is 15.1. The molecule has 8 bridgehead atoms. The van der Waals surface area contributed by atoms with Crippen LogP contribution >= 0.6 is 0 Å². The van der Waals surface area contributed by atoms with Gasteiger partial charge in [0, 0.05) is 40.5 Å². The van der Waals surface area contributed by atoms with Gasteiger partial charge in [-0.15, -0.1) is 0 Å². The molecule has 0 spiro atoms. The van der Waals surface area contributed by atoms with Gasteiger partial charge in [-0.2, -0.15) is 0 Å². The first-order chi connectivity index (χ1) is 20.6. The van der Waals surface area contributed by atoms with Crippen molar-refractivity contribution in [2.45, 2.75) is 66.7 Å². The minimum Gasteiger partial charge on any atom is -0.481 e. The summed E-state index contributed by atoms with van der Waals surface area (Å²) >= 11 is 0. The Labute approximate surface area is 251 Å². The smallest absolute Gasteiger partial charge is 0.305 e. The Hall–Kier alpha value is -4.72. The summed E-state index contributed by atoms with van der Waals surface area (Å²) in [7, 11) is 1.39. The van der Waals surface area contributed by atoms with Crippen LogP contribution in [0.5, 0.6) is 0 Å². The van der Waals surface area contributed by atoms with E-state index >= 15 is 0 Å². The predicted octanol–water partition coefficient (Wildman–Crippen LogP) is 7.82. The molecule has 0 radical (unpaired) electrons.